The Morgan fingerprint density at radius 1 is 1.30 bits per heavy atom. The lowest BCUT2D eigenvalue weighted by molar-refractivity contribution is -0.0511. The number of hydrogen-bond donors (Lipinski definition) is 4. The van der Waals surface area contributed by atoms with Crippen LogP contribution in [0.3, 0.4) is 0 Å². The third-order valence-corrected chi connectivity index (χ3v) is 4.84. The maximum atomic E-state index is 10.3. The number of imidazole rings is 1. The fourth-order valence-corrected chi connectivity index (χ4v) is 3.17. The number of aromatic nitrogens is 4. The Labute approximate surface area is 157 Å². The number of aliphatic hydroxyl groups excluding tert-OH is 3. The Kier molecular flexibility index (Phi) is 5.47. The van der Waals surface area contributed by atoms with E-state index in [1.807, 2.05) is 0 Å². The molecule has 4 N–H and O–H groups in total. The number of aliphatic hydroxyl groups is 3. The van der Waals surface area contributed by atoms with Gasteiger partial charge in [0.15, 0.2) is 23.2 Å². The summed E-state index contributed by atoms with van der Waals surface area (Å²) < 4.78 is 7.06. The van der Waals surface area contributed by atoms with Crippen LogP contribution in [0.2, 0.25) is 19.6 Å². The van der Waals surface area contributed by atoms with E-state index >= 15 is 0 Å². The van der Waals surface area contributed by atoms with E-state index in [-0.39, 0.29) is 5.82 Å². The molecular formula is C16H23N5O5Si. The zero-order valence-corrected chi connectivity index (χ0v) is 16.5. The smallest absolute Gasteiger partial charge is 0.208 e. The second-order valence-electron chi connectivity index (χ2n) is 7.25. The van der Waals surface area contributed by atoms with Gasteiger partial charge in [0, 0.05) is 0 Å². The number of rotatable bonds is 4. The molecule has 0 spiro atoms. The fourth-order valence-electron chi connectivity index (χ4n) is 2.68. The van der Waals surface area contributed by atoms with Crippen molar-refractivity contribution in [2.24, 2.45) is 0 Å². The topological polar surface area (TPSA) is 135 Å². The summed E-state index contributed by atoms with van der Waals surface area (Å²) in [7, 11) is -0.193. The molecule has 0 bridgehead atoms. The second-order valence-corrected chi connectivity index (χ2v) is 12.0. The molecule has 0 aliphatic carbocycles. The molecule has 1 saturated heterocycles. The summed E-state index contributed by atoms with van der Waals surface area (Å²) in [5.41, 5.74) is 6.61. The summed E-state index contributed by atoms with van der Waals surface area (Å²) >= 11 is 0. The van der Waals surface area contributed by atoms with Crippen molar-refractivity contribution in [2.75, 3.05) is 19.2 Å². The van der Waals surface area contributed by atoms with Crippen LogP contribution in [0.25, 0.3) is 11.2 Å². The van der Waals surface area contributed by atoms with Gasteiger partial charge >= 0.3 is 0 Å². The molecule has 0 aromatic carbocycles. The Bertz CT molecular complexity index is 887. The summed E-state index contributed by atoms with van der Waals surface area (Å²) in [6.07, 6.45) is -2.89. The van der Waals surface area contributed by atoms with Gasteiger partial charge in [0.2, 0.25) is 5.82 Å². The molecule has 1 aliphatic rings. The van der Waals surface area contributed by atoms with Gasteiger partial charge in [0.25, 0.3) is 0 Å². The van der Waals surface area contributed by atoms with Crippen LogP contribution in [-0.4, -0.2) is 74.9 Å². The van der Waals surface area contributed by atoms with Crippen LogP contribution >= 0.6 is 0 Å². The van der Waals surface area contributed by atoms with Gasteiger partial charge in [0.1, 0.15) is 26.4 Å². The number of nitrogens with one attached hydrogen (secondary N) is 1. The first kappa shape index (κ1) is 19.7. The van der Waals surface area contributed by atoms with E-state index in [4.69, 9.17) is 9.57 Å². The minimum atomic E-state index is -1.64. The molecule has 0 amide bonds. The molecule has 4 atom stereocenters. The minimum absolute atomic E-state index is 0.276. The van der Waals surface area contributed by atoms with E-state index in [1.165, 1.54) is 18.0 Å². The lowest BCUT2D eigenvalue weighted by Gasteiger charge is -2.16. The molecule has 3 heterocycles. The highest BCUT2D eigenvalue weighted by Gasteiger charge is 2.44. The lowest BCUT2D eigenvalue weighted by Crippen LogP contribution is -2.33. The van der Waals surface area contributed by atoms with Crippen molar-refractivity contribution in [1.82, 2.24) is 19.5 Å². The molecule has 2 aromatic heterocycles. The monoisotopic (exact) mass is 393 g/mol. The highest BCUT2D eigenvalue weighted by molar-refractivity contribution is 6.83. The predicted octanol–water partition coefficient (Wildman–Crippen LogP) is -0.360. The molecule has 27 heavy (non-hydrogen) atoms. The second kappa shape index (κ2) is 7.51. The van der Waals surface area contributed by atoms with E-state index in [0.717, 1.165) is 0 Å². The Morgan fingerprint density at radius 3 is 2.63 bits per heavy atom. The van der Waals surface area contributed by atoms with Gasteiger partial charge in [-0.25, -0.2) is 15.4 Å². The normalized spacial score (nSPS) is 25.4. The Hall–Kier alpha value is -2.07. The van der Waals surface area contributed by atoms with Gasteiger partial charge in [-0.2, -0.15) is 4.98 Å². The third-order valence-electron chi connectivity index (χ3n) is 3.96. The number of ether oxygens (including phenoxy) is 1. The fraction of sp³-hybridized carbons (Fsp3) is 0.562. The van der Waals surface area contributed by atoms with Crippen LogP contribution in [0.15, 0.2) is 6.33 Å². The zero-order chi connectivity index (χ0) is 19.8. The Morgan fingerprint density at radius 2 is 2.04 bits per heavy atom. The number of fused-ring (bicyclic) bond motifs is 1. The first-order valence-electron chi connectivity index (χ1n) is 8.44. The highest BCUT2D eigenvalue weighted by Crippen LogP contribution is 2.32. The van der Waals surface area contributed by atoms with Crippen molar-refractivity contribution in [2.45, 2.75) is 44.2 Å². The van der Waals surface area contributed by atoms with Crippen molar-refractivity contribution >= 4 is 25.1 Å². The van der Waals surface area contributed by atoms with Crippen molar-refractivity contribution in [1.29, 1.82) is 0 Å². The maximum Gasteiger partial charge on any atom is 0.208 e. The average Bonchev–Trinajstić information content (AvgIpc) is 3.15. The molecule has 0 saturated carbocycles. The summed E-state index contributed by atoms with van der Waals surface area (Å²) in [5.74, 6) is 3.59. The molecule has 10 nitrogen and oxygen atoms in total. The number of nitrogens with zero attached hydrogens (tertiary/aromatic N) is 4. The van der Waals surface area contributed by atoms with Crippen LogP contribution in [0.5, 0.6) is 0 Å². The van der Waals surface area contributed by atoms with Gasteiger partial charge in [-0.3, -0.25) is 9.40 Å². The van der Waals surface area contributed by atoms with Gasteiger partial charge in [-0.05, 0) is 5.92 Å². The van der Waals surface area contributed by atoms with Crippen molar-refractivity contribution in [3.05, 3.63) is 12.2 Å². The van der Waals surface area contributed by atoms with Gasteiger partial charge in [-0.15, -0.1) is 5.54 Å². The highest BCUT2D eigenvalue weighted by atomic mass is 28.3. The summed E-state index contributed by atoms with van der Waals surface area (Å²) in [5, 5.41) is 29.6. The van der Waals surface area contributed by atoms with Gasteiger partial charge < -0.3 is 20.1 Å². The van der Waals surface area contributed by atoms with Crippen LogP contribution in [0.4, 0.5) is 5.82 Å². The van der Waals surface area contributed by atoms with Crippen LogP contribution in [0, 0.1) is 11.5 Å². The molecule has 3 rings (SSSR count). The molecule has 11 heteroatoms. The molecule has 1 fully saturated rings. The first-order chi connectivity index (χ1) is 12.7. The summed E-state index contributed by atoms with van der Waals surface area (Å²) in [4.78, 5) is 18.0. The van der Waals surface area contributed by atoms with Crippen LogP contribution in [-0.2, 0) is 9.57 Å². The van der Waals surface area contributed by atoms with E-state index in [0.29, 0.717) is 17.0 Å². The predicted molar refractivity (Wildman–Crippen MR) is 99.2 cm³/mol. The SMILES string of the molecule is CONc1nc(C#C[Si](C)(C)C)nc2c1ncn2C1OC(CO)C(O)C1O. The Balaban J connectivity index is 2.09. The zero-order valence-electron chi connectivity index (χ0n) is 15.5. The minimum Gasteiger partial charge on any atom is -0.394 e. The van der Waals surface area contributed by atoms with E-state index in [9.17, 15) is 15.3 Å². The maximum absolute atomic E-state index is 10.3. The number of anilines is 1. The van der Waals surface area contributed by atoms with Gasteiger partial charge in [0.05, 0.1) is 20.0 Å². The van der Waals surface area contributed by atoms with Gasteiger partial charge in [-0.1, -0.05) is 19.6 Å². The largest absolute Gasteiger partial charge is 0.394 e. The molecule has 4 unspecified atom stereocenters. The number of hydrogen-bond acceptors (Lipinski definition) is 9. The third kappa shape index (κ3) is 3.96. The lowest BCUT2D eigenvalue weighted by atomic mass is 10.1. The standard InChI is InChI=1S/C16H23N5O5Si/c1-25-20-14-11-15(19-10(18-14)5-6-27(2,3)4)21(8-17-11)16-13(24)12(23)9(7-22)26-16/h8-9,12-13,16,22-24H,7H2,1-4H3,(H,18,19,20). The first-order valence-corrected chi connectivity index (χ1v) is 11.9. The van der Waals surface area contributed by atoms with E-state index in [1.54, 1.807) is 0 Å². The van der Waals surface area contributed by atoms with E-state index < -0.39 is 39.2 Å². The van der Waals surface area contributed by atoms with Crippen molar-refractivity contribution in [3.63, 3.8) is 0 Å². The van der Waals surface area contributed by atoms with Crippen molar-refractivity contribution in [3.8, 4) is 11.5 Å². The molecule has 1 aliphatic heterocycles. The molecule has 146 valence electrons. The molecular weight excluding hydrogens is 370 g/mol. The summed E-state index contributed by atoms with van der Waals surface area (Å²) in [6.45, 7) is 5.91. The summed E-state index contributed by atoms with van der Waals surface area (Å²) in [6, 6.07) is 0. The molecule has 2 aromatic rings. The quantitative estimate of drug-likeness (QED) is 0.312. The van der Waals surface area contributed by atoms with Crippen LogP contribution < -0.4 is 5.48 Å². The molecule has 0 radical (unpaired) electrons. The van der Waals surface area contributed by atoms with Crippen molar-refractivity contribution < 1.29 is 24.9 Å². The average molecular weight is 393 g/mol. The van der Waals surface area contributed by atoms with Crippen LogP contribution in [0.1, 0.15) is 12.1 Å². The van der Waals surface area contributed by atoms with E-state index in [2.05, 4.69) is 51.5 Å².